The van der Waals surface area contributed by atoms with Crippen molar-refractivity contribution in [2.45, 2.75) is 58.3 Å². The van der Waals surface area contributed by atoms with Gasteiger partial charge in [0, 0.05) is 19.6 Å². The van der Waals surface area contributed by atoms with Crippen LogP contribution in [0.1, 0.15) is 41.0 Å². The van der Waals surface area contributed by atoms with Crippen LogP contribution in [-0.4, -0.2) is 62.8 Å². The van der Waals surface area contributed by atoms with Gasteiger partial charge in [0.05, 0.1) is 22.8 Å². The van der Waals surface area contributed by atoms with E-state index in [2.05, 4.69) is 20.2 Å². The number of hydrogen-bond donors (Lipinski definition) is 1. The molecule has 5 rings (SSSR count). The van der Waals surface area contributed by atoms with Gasteiger partial charge in [-0.1, -0.05) is 11.6 Å². The van der Waals surface area contributed by atoms with Crippen LogP contribution in [0.4, 0.5) is 26.5 Å². The first-order valence-corrected chi connectivity index (χ1v) is 12.6. The highest BCUT2D eigenvalue weighted by Crippen LogP contribution is 2.42. The molecule has 2 aliphatic rings. The van der Waals surface area contributed by atoms with E-state index >= 15 is 4.39 Å². The number of fused-ring (bicyclic) bond motifs is 1. The zero-order valence-electron chi connectivity index (χ0n) is 21.5. The Kier molecular flexibility index (Phi) is 6.26. The summed E-state index contributed by atoms with van der Waals surface area (Å²) in [5, 5.41) is 2.90. The van der Waals surface area contributed by atoms with E-state index in [1.165, 1.54) is 6.33 Å². The summed E-state index contributed by atoms with van der Waals surface area (Å²) in [4.78, 5) is 29.9. The largest absolute Gasteiger partial charge is 0.489 e. The Morgan fingerprint density at radius 3 is 2.59 bits per heavy atom. The van der Waals surface area contributed by atoms with Gasteiger partial charge in [-0.3, -0.25) is 4.90 Å². The number of anilines is 3. The minimum Gasteiger partial charge on any atom is -0.489 e. The third-order valence-electron chi connectivity index (χ3n) is 6.41. The molecule has 3 aromatic rings. The molecular formula is C26H30ClFN6O3. The molecular weight excluding hydrogens is 499 g/mol. The molecule has 11 heteroatoms. The van der Waals surface area contributed by atoms with Gasteiger partial charge < -0.3 is 19.7 Å². The van der Waals surface area contributed by atoms with Gasteiger partial charge >= 0.3 is 6.09 Å². The molecule has 0 radical (unpaired) electrons. The molecule has 2 aliphatic heterocycles. The normalized spacial score (nSPS) is 16.5. The van der Waals surface area contributed by atoms with Crippen LogP contribution in [0.15, 0.2) is 30.6 Å². The Labute approximate surface area is 219 Å². The molecule has 0 atom stereocenters. The predicted octanol–water partition coefficient (Wildman–Crippen LogP) is 5.55. The summed E-state index contributed by atoms with van der Waals surface area (Å²) in [6.45, 7) is 11.3. The van der Waals surface area contributed by atoms with E-state index in [-0.39, 0.29) is 34.2 Å². The number of aromatic nitrogens is 3. The monoisotopic (exact) mass is 528 g/mol. The number of nitrogens with one attached hydrogen (secondary N) is 1. The molecule has 0 bridgehead atoms. The highest BCUT2D eigenvalue weighted by Gasteiger charge is 2.56. The third kappa shape index (κ3) is 4.82. The minimum atomic E-state index is -0.639. The Morgan fingerprint density at radius 2 is 1.95 bits per heavy atom. The van der Waals surface area contributed by atoms with Crippen LogP contribution in [0.3, 0.4) is 0 Å². The molecule has 2 fully saturated rings. The number of carbonyl (C=O) groups excluding carboxylic acids is 1. The fourth-order valence-electron chi connectivity index (χ4n) is 4.60. The van der Waals surface area contributed by atoms with Crippen LogP contribution in [-0.2, 0) is 4.74 Å². The second-order valence-electron chi connectivity index (χ2n) is 10.8. The zero-order valence-corrected chi connectivity index (χ0v) is 22.3. The van der Waals surface area contributed by atoms with Crippen molar-refractivity contribution in [1.29, 1.82) is 0 Å². The lowest BCUT2D eigenvalue weighted by Gasteiger charge is -2.62. The number of pyridine rings is 1. The second kappa shape index (κ2) is 9.16. The number of nitrogens with zero attached hydrogens (tertiary/aromatic N) is 5. The van der Waals surface area contributed by atoms with Gasteiger partial charge in [0.2, 0.25) is 0 Å². The topological polar surface area (TPSA) is 92.7 Å². The summed E-state index contributed by atoms with van der Waals surface area (Å²) in [6, 6.07) is 6.91. The van der Waals surface area contributed by atoms with Crippen molar-refractivity contribution in [2.24, 2.45) is 0 Å². The number of ether oxygens (including phenoxy) is 2. The van der Waals surface area contributed by atoms with Gasteiger partial charge in [-0.25, -0.2) is 24.1 Å². The maximum absolute atomic E-state index is 15.0. The molecule has 1 aromatic carbocycles. The van der Waals surface area contributed by atoms with E-state index in [0.29, 0.717) is 36.5 Å². The van der Waals surface area contributed by atoms with Gasteiger partial charge in [0.15, 0.2) is 11.6 Å². The lowest BCUT2D eigenvalue weighted by atomic mass is 9.78. The van der Waals surface area contributed by atoms with Crippen molar-refractivity contribution in [3.8, 4) is 5.75 Å². The number of amides is 1. The number of likely N-dealkylation sites (tertiary alicyclic amines) is 1. The second-order valence-corrected chi connectivity index (χ2v) is 11.1. The quantitative estimate of drug-likeness (QED) is 0.461. The Hall–Kier alpha value is -3.40. The molecule has 1 amide bonds. The highest BCUT2D eigenvalue weighted by atomic mass is 35.5. The van der Waals surface area contributed by atoms with E-state index < -0.39 is 11.4 Å². The molecule has 196 valence electrons. The van der Waals surface area contributed by atoms with Crippen LogP contribution in [0.5, 0.6) is 5.75 Å². The van der Waals surface area contributed by atoms with E-state index in [9.17, 15) is 4.79 Å². The summed E-state index contributed by atoms with van der Waals surface area (Å²) in [7, 11) is 0. The summed E-state index contributed by atoms with van der Waals surface area (Å²) in [6.07, 6.45) is 1.90. The van der Waals surface area contributed by atoms with Gasteiger partial charge in [0.25, 0.3) is 0 Å². The predicted molar refractivity (Wildman–Crippen MR) is 140 cm³/mol. The van der Waals surface area contributed by atoms with Crippen molar-refractivity contribution < 1.29 is 18.7 Å². The van der Waals surface area contributed by atoms with Crippen molar-refractivity contribution in [3.05, 3.63) is 41.4 Å². The maximum Gasteiger partial charge on any atom is 0.410 e. The molecule has 37 heavy (non-hydrogen) atoms. The molecule has 9 nitrogen and oxygen atoms in total. The van der Waals surface area contributed by atoms with Crippen LogP contribution >= 0.6 is 11.6 Å². The van der Waals surface area contributed by atoms with Crippen LogP contribution in [0.25, 0.3) is 11.0 Å². The standard InChI is InChI=1S/C26H30ClFN6O3/c1-15(2)36-18-8-6-16(21(28)20(18)27)31-23-22-17(29-14-30-23)7-9-19(32-22)33-12-26(13-33)10-11-34(26)24(35)37-25(3,4)5/h6-9,14-15H,10-13H2,1-5H3,(H,29,30,31). The van der Waals surface area contributed by atoms with Crippen LogP contribution in [0, 0.1) is 5.82 Å². The zero-order chi connectivity index (χ0) is 26.5. The number of rotatable bonds is 5. The number of hydrogen-bond acceptors (Lipinski definition) is 8. The smallest absolute Gasteiger partial charge is 0.410 e. The highest BCUT2D eigenvalue weighted by molar-refractivity contribution is 6.32. The number of carbonyl (C=O) groups is 1. The molecule has 0 aliphatic carbocycles. The van der Waals surface area contributed by atoms with Crippen LogP contribution < -0.4 is 15.0 Å². The van der Waals surface area contributed by atoms with E-state index in [1.807, 2.05) is 51.7 Å². The SMILES string of the molecule is CC(C)Oc1ccc(Nc2ncnc3ccc(N4CC5(CCN5C(=O)OC(C)(C)C)C4)nc23)c(F)c1Cl. The first kappa shape index (κ1) is 25.3. The summed E-state index contributed by atoms with van der Waals surface area (Å²) in [5.74, 6) is 0.718. The minimum absolute atomic E-state index is 0.105. The summed E-state index contributed by atoms with van der Waals surface area (Å²) >= 11 is 6.20. The average molecular weight is 529 g/mol. The Balaban J connectivity index is 1.35. The molecule has 2 saturated heterocycles. The van der Waals surface area contributed by atoms with Gasteiger partial charge in [-0.2, -0.15) is 0 Å². The molecule has 0 unspecified atom stereocenters. The summed E-state index contributed by atoms with van der Waals surface area (Å²) in [5.41, 5.74) is 0.496. The van der Waals surface area contributed by atoms with Crippen molar-refractivity contribution in [3.63, 3.8) is 0 Å². The Morgan fingerprint density at radius 1 is 1.19 bits per heavy atom. The van der Waals surface area contributed by atoms with Crippen molar-refractivity contribution in [1.82, 2.24) is 19.9 Å². The van der Waals surface area contributed by atoms with Gasteiger partial charge in [-0.05, 0) is 65.3 Å². The van der Waals surface area contributed by atoms with E-state index in [4.69, 9.17) is 26.1 Å². The lowest BCUT2D eigenvalue weighted by molar-refractivity contribution is -0.0562. The van der Waals surface area contributed by atoms with Crippen molar-refractivity contribution >= 4 is 46.1 Å². The number of halogens is 2. The number of benzene rings is 1. The average Bonchev–Trinajstić information content (AvgIpc) is 2.76. The van der Waals surface area contributed by atoms with Crippen LogP contribution in [0.2, 0.25) is 5.02 Å². The first-order valence-electron chi connectivity index (χ1n) is 12.2. The molecule has 4 heterocycles. The van der Waals surface area contributed by atoms with Gasteiger partial charge in [0.1, 0.15) is 34.0 Å². The molecule has 1 spiro atoms. The maximum atomic E-state index is 15.0. The lowest BCUT2D eigenvalue weighted by Crippen LogP contribution is -2.78. The fourth-order valence-corrected chi connectivity index (χ4v) is 4.80. The summed E-state index contributed by atoms with van der Waals surface area (Å²) < 4.78 is 26.1. The molecule has 0 saturated carbocycles. The van der Waals surface area contributed by atoms with E-state index in [0.717, 1.165) is 12.2 Å². The molecule has 1 N–H and O–H groups in total. The van der Waals surface area contributed by atoms with Gasteiger partial charge in [-0.15, -0.1) is 0 Å². The first-order chi connectivity index (χ1) is 17.5. The molecule has 2 aromatic heterocycles. The fraction of sp³-hybridized carbons (Fsp3) is 0.462. The Bertz CT molecular complexity index is 1360. The third-order valence-corrected chi connectivity index (χ3v) is 6.76. The van der Waals surface area contributed by atoms with E-state index in [1.54, 1.807) is 12.1 Å². The van der Waals surface area contributed by atoms with Crippen molar-refractivity contribution in [2.75, 3.05) is 29.9 Å².